The number of para-hydroxylation sites is 1. The molecule has 0 saturated carbocycles. The van der Waals surface area contributed by atoms with Crippen molar-refractivity contribution in [3.05, 3.63) is 36.8 Å². The predicted octanol–water partition coefficient (Wildman–Crippen LogP) is 1.77. The van der Waals surface area contributed by atoms with Crippen molar-refractivity contribution in [3.8, 4) is 0 Å². The molecule has 0 saturated heterocycles. The summed E-state index contributed by atoms with van der Waals surface area (Å²) in [6, 6.07) is 8.28. The molecule has 4 rings (SSSR count). The first kappa shape index (κ1) is 8.69. The quantitative estimate of drug-likeness (QED) is 0.456. The average molecular weight is 223 g/mol. The molecule has 5 heteroatoms. The largest absolute Gasteiger partial charge is 0.340 e. The number of hydrogen-bond acceptors (Lipinski definition) is 3. The summed E-state index contributed by atoms with van der Waals surface area (Å²) in [4.78, 5) is 0. The van der Waals surface area contributed by atoms with Crippen molar-refractivity contribution >= 4 is 27.5 Å². The van der Waals surface area contributed by atoms with Crippen LogP contribution in [-0.4, -0.2) is 24.4 Å². The molecule has 0 unspecified atom stereocenters. The molecule has 3 heterocycles. The minimum atomic E-state index is 0.793. The molecule has 1 aromatic carbocycles. The van der Waals surface area contributed by atoms with Crippen LogP contribution in [0.25, 0.3) is 27.5 Å². The van der Waals surface area contributed by atoms with Gasteiger partial charge in [-0.2, -0.15) is 9.61 Å². The summed E-state index contributed by atoms with van der Waals surface area (Å²) in [5, 5.41) is 14.7. The molecule has 0 bridgehead atoms. The Morgan fingerprint density at radius 1 is 1.12 bits per heavy atom. The molecule has 0 aliphatic heterocycles. The molecule has 0 aliphatic rings. The van der Waals surface area contributed by atoms with E-state index in [1.807, 2.05) is 25.4 Å². The van der Waals surface area contributed by atoms with E-state index in [4.69, 9.17) is 0 Å². The SMILES string of the molecule is Cn1c2ccccc2c2cnn3cnnc3c21. The molecular formula is C12H9N5. The second-order valence-electron chi connectivity index (χ2n) is 4.08. The van der Waals surface area contributed by atoms with Gasteiger partial charge >= 0.3 is 0 Å². The summed E-state index contributed by atoms with van der Waals surface area (Å²) in [5.74, 6) is 0. The summed E-state index contributed by atoms with van der Waals surface area (Å²) in [6.07, 6.45) is 3.49. The molecule has 3 aromatic heterocycles. The standard InChI is InChI=1S/C12H9N5/c1-16-10-5-3-2-4-8(10)9-6-14-17-7-13-15-12(17)11(9)16/h2-7H,1H3. The van der Waals surface area contributed by atoms with Gasteiger partial charge in [-0.25, -0.2) is 0 Å². The van der Waals surface area contributed by atoms with Crippen molar-refractivity contribution < 1.29 is 0 Å². The summed E-state index contributed by atoms with van der Waals surface area (Å²) in [6.45, 7) is 0. The first-order valence-corrected chi connectivity index (χ1v) is 5.38. The lowest BCUT2D eigenvalue weighted by molar-refractivity contribution is 0.926. The molecule has 5 nitrogen and oxygen atoms in total. The zero-order valence-electron chi connectivity index (χ0n) is 9.20. The van der Waals surface area contributed by atoms with Crippen molar-refractivity contribution in [1.29, 1.82) is 0 Å². The van der Waals surface area contributed by atoms with E-state index in [2.05, 4.69) is 32.0 Å². The van der Waals surface area contributed by atoms with Crippen LogP contribution in [0.2, 0.25) is 0 Å². The molecule has 0 fully saturated rings. The Bertz CT molecular complexity index is 855. The van der Waals surface area contributed by atoms with E-state index < -0.39 is 0 Å². The Balaban J connectivity index is 2.43. The summed E-state index contributed by atoms with van der Waals surface area (Å²) in [7, 11) is 2.04. The van der Waals surface area contributed by atoms with Crippen molar-refractivity contribution in [2.24, 2.45) is 7.05 Å². The maximum Gasteiger partial charge on any atom is 0.201 e. The Morgan fingerprint density at radius 3 is 2.94 bits per heavy atom. The fourth-order valence-corrected chi connectivity index (χ4v) is 2.41. The lowest BCUT2D eigenvalue weighted by Gasteiger charge is -1.97. The van der Waals surface area contributed by atoms with Gasteiger partial charge in [0, 0.05) is 23.3 Å². The Labute approximate surface area is 96.3 Å². The van der Waals surface area contributed by atoms with Crippen LogP contribution in [0.15, 0.2) is 36.8 Å². The second kappa shape index (κ2) is 2.82. The van der Waals surface area contributed by atoms with E-state index >= 15 is 0 Å². The number of hydrogen-bond donors (Lipinski definition) is 0. The number of nitrogens with zero attached hydrogens (tertiary/aromatic N) is 5. The molecule has 0 N–H and O–H groups in total. The molecule has 0 aliphatic carbocycles. The van der Waals surface area contributed by atoms with Crippen molar-refractivity contribution in [2.45, 2.75) is 0 Å². The zero-order chi connectivity index (χ0) is 11.4. The summed E-state index contributed by atoms with van der Waals surface area (Å²) in [5.41, 5.74) is 3.04. The van der Waals surface area contributed by atoms with Crippen LogP contribution in [0.3, 0.4) is 0 Å². The van der Waals surface area contributed by atoms with Crippen molar-refractivity contribution in [1.82, 2.24) is 24.4 Å². The van der Waals surface area contributed by atoms with Crippen LogP contribution in [0.4, 0.5) is 0 Å². The fraction of sp³-hybridized carbons (Fsp3) is 0.0833. The van der Waals surface area contributed by atoms with Gasteiger partial charge in [-0.1, -0.05) is 18.2 Å². The fourth-order valence-electron chi connectivity index (χ4n) is 2.41. The van der Waals surface area contributed by atoms with Crippen molar-refractivity contribution in [2.75, 3.05) is 0 Å². The number of rotatable bonds is 0. The summed E-state index contributed by atoms with van der Waals surface area (Å²) >= 11 is 0. The van der Waals surface area contributed by atoms with Crippen LogP contribution in [0.5, 0.6) is 0 Å². The summed E-state index contributed by atoms with van der Waals surface area (Å²) < 4.78 is 3.83. The van der Waals surface area contributed by atoms with E-state index in [-0.39, 0.29) is 0 Å². The molecular weight excluding hydrogens is 214 g/mol. The Hall–Kier alpha value is -2.43. The molecule has 4 aromatic rings. The lowest BCUT2D eigenvalue weighted by Crippen LogP contribution is -1.93. The Morgan fingerprint density at radius 2 is 2.00 bits per heavy atom. The Kier molecular flexibility index (Phi) is 1.44. The minimum Gasteiger partial charge on any atom is -0.340 e. The van der Waals surface area contributed by atoms with Gasteiger partial charge in [0.2, 0.25) is 5.65 Å². The monoisotopic (exact) mass is 223 g/mol. The molecule has 0 radical (unpaired) electrons. The van der Waals surface area contributed by atoms with Gasteiger partial charge in [-0.3, -0.25) is 0 Å². The van der Waals surface area contributed by atoms with Crippen LogP contribution < -0.4 is 0 Å². The third-order valence-corrected chi connectivity index (χ3v) is 3.20. The first-order valence-electron chi connectivity index (χ1n) is 5.38. The smallest absolute Gasteiger partial charge is 0.201 e. The van der Waals surface area contributed by atoms with Crippen LogP contribution in [0, 0.1) is 0 Å². The zero-order valence-corrected chi connectivity index (χ0v) is 9.20. The maximum atomic E-state index is 4.31. The maximum absolute atomic E-state index is 4.31. The molecule has 0 amide bonds. The van der Waals surface area contributed by atoms with Gasteiger partial charge in [0.25, 0.3) is 0 Å². The molecule has 17 heavy (non-hydrogen) atoms. The predicted molar refractivity (Wildman–Crippen MR) is 64.8 cm³/mol. The number of benzene rings is 1. The van der Waals surface area contributed by atoms with Gasteiger partial charge in [0.1, 0.15) is 6.33 Å². The number of aromatic nitrogens is 5. The van der Waals surface area contributed by atoms with Gasteiger partial charge < -0.3 is 4.57 Å². The molecule has 82 valence electrons. The van der Waals surface area contributed by atoms with Crippen molar-refractivity contribution in [3.63, 3.8) is 0 Å². The average Bonchev–Trinajstić information content (AvgIpc) is 2.93. The van der Waals surface area contributed by atoms with Gasteiger partial charge in [-0.15, -0.1) is 10.2 Å². The molecule has 0 spiro atoms. The normalized spacial score (nSPS) is 11.8. The second-order valence-corrected chi connectivity index (χ2v) is 4.08. The topological polar surface area (TPSA) is 48.0 Å². The lowest BCUT2D eigenvalue weighted by atomic mass is 10.2. The third-order valence-electron chi connectivity index (χ3n) is 3.20. The van der Waals surface area contributed by atoms with E-state index in [0.29, 0.717) is 0 Å². The minimum absolute atomic E-state index is 0.793. The van der Waals surface area contributed by atoms with Gasteiger partial charge in [-0.05, 0) is 6.07 Å². The first-order chi connectivity index (χ1) is 8.36. The van der Waals surface area contributed by atoms with Crippen LogP contribution in [-0.2, 0) is 7.05 Å². The highest BCUT2D eigenvalue weighted by atomic mass is 15.3. The van der Waals surface area contributed by atoms with E-state index in [1.54, 1.807) is 10.8 Å². The van der Waals surface area contributed by atoms with E-state index in [1.165, 1.54) is 10.9 Å². The van der Waals surface area contributed by atoms with E-state index in [0.717, 1.165) is 16.6 Å². The third kappa shape index (κ3) is 0.957. The highest BCUT2D eigenvalue weighted by Gasteiger charge is 2.12. The molecule has 0 atom stereocenters. The number of fused-ring (bicyclic) bond motifs is 5. The van der Waals surface area contributed by atoms with Crippen LogP contribution in [0.1, 0.15) is 0 Å². The van der Waals surface area contributed by atoms with Crippen LogP contribution >= 0.6 is 0 Å². The number of aryl methyl sites for hydroxylation is 1. The highest BCUT2D eigenvalue weighted by molar-refractivity contribution is 6.11. The van der Waals surface area contributed by atoms with Gasteiger partial charge in [0.05, 0.1) is 11.7 Å². The van der Waals surface area contributed by atoms with Gasteiger partial charge in [0.15, 0.2) is 0 Å². The highest BCUT2D eigenvalue weighted by Crippen LogP contribution is 2.28. The van der Waals surface area contributed by atoms with E-state index in [9.17, 15) is 0 Å².